The fraction of sp³-hybridized carbons (Fsp3) is 0.750. The predicted molar refractivity (Wildman–Crippen MR) is 56.0 cm³/mol. The molecule has 1 atom stereocenters. The summed E-state index contributed by atoms with van der Waals surface area (Å²) in [6.07, 6.45) is 0. The van der Waals surface area contributed by atoms with Crippen LogP contribution in [0.4, 0.5) is 0 Å². The van der Waals surface area contributed by atoms with Crippen LogP contribution >= 0.6 is 11.9 Å². The Bertz CT molecular complexity index is 231. The molecular weight excluding hydrogens is 204 g/mol. The Morgan fingerprint density at radius 3 is 2.21 bits per heavy atom. The van der Waals surface area contributed by atoms with Gasteiger partial charge in [-0.2, -0.15) is 0 Å². The zero-order chi connectivity index (χ0) is 11.4. The maximum atomic E-state index is 10.8. The molecule has 14 heavy (non-hydrogen) atoms. The third-order valence-electron chi connectivity index (χ3n) is 1.69. The molecule has 0 fully saturated rings. The van der Waals surface area contributed by atoms with Crippen molar-refractivity contribution in [2.24, 2.45) is 0 Å². The summed E-state index contributed by atoms with van der Waals surface area (Å²) in [7, 11) is 1.58. The Balaban J connectivity index is 4.40. The molecule has 6 heteroatoms. The summed E-state index contributed by atoms with van der Waals surface area (Å²) >= 11 is 1.10. The van der Waals surface area contributed by atoms with Crippen molar-refractivity contribution < 1.29 is 14.7 Å². The van der Waals surface area contributed by atoms with Crippen molar-refractivity contribution in [3.05, 3.63) is 0 Å². The van der Waals surface area contributed by atoms with E-state index in [-0.39, 0.29) is 5.91 Å². The first-order valence-corrected chi connectivity index (χ1v) is 4.97. The van der Waals surface area contributed by atoms with Crippen LogP contribution in [0.15, 0.2) is 0 Å². The van der Waals surface area contributed by atoms with Gasteiger partial charge in [0.1, 0.15) is 6.04 Å². The van der Waals surface area contributed by atoms with Crippen molar-refractivity contribution in [3.63, 3.8) is 0 Å². The van der Waals surface area contributed by atoms with E-state index in [1.54, 1.807) is 20.9 Å². The molecule has 0 aromatic rings. The lowest BCUT2D eigenvalue weighted by molar-refractivity contribution is -0.140. The Kier molecular flexibility index (Phi) is 4.93. The average Bonchev–Trinajstić information content (AvgIpc) is 2.01. The smallest absolute Gasteiger partial charge is 0.322 e. The number of aliphatic carboxylic acids is 1. The number of hydrogen-bond donors (Lipinski definition) is 3. The lowest BCUT2D eigenvalue weighted by Gasteiger charge is -2.29. The van der Waals surface area contributed by atoms with Gasteiger partial charge in [0.15, 0.2) is 0 Å². The van der Waals surface area contributed by atoms with Gasteiger partial charge < -0.3 is 10.4 Å². The third-order valence-corrected chi connectivity index (χ3v) is 2.84. The van der Waals surface area contributed by atoms with Gasteiger partial charge in [-0.3, -0.25) is 14.3 Å². The van der Waals surface area contributed by atoms with E-state index in [0.717, 1.165) is 11.9 Å². The second-order valence-electron chi connectivity index (χ2n) is 3.42. The highest BCUT2D eigenvalue weighted by atomic mass is 32.2. The van der Waals surface area contributed by atoms with Gasteiger partial charge in [0.05, 0.1) is 4.75 Å². The monoisotopic (exact) mass is 220 g/mol. The fourth-order valence-electron chi connectivity index (χ4n) is 1.03. The van der Waals surface area contributed by atoms with Gasteiger partial charge in [0.2, 0.25) is 5.91 Å². The maximum absolute atomic E-state index is 10.8. The molecule has 0 saturated carbocycles. The number of amides is 1. The molecule has 0 radical (unpaired) electrons. The number of carbonyl (C=O) groups excluding carboxylic acids is 1. The molecule has 5 nitrogen and oxygen atoms in total. The largest absolute Gasteiger partial charge is 0.480 e. The summed E-state index contributed by atoms with van der Waals surface area (Å²) in [4.78, 5) is 21.5. The summed E-state index contributed by atoms with van der Waals surface area (Å²) < 4.78 is 1.92. The second kappa shape index (κ2) is 5.21. The molecule has 0 saturated heterocycles. The lowest BCUT2D eigenvalue weighted by atomic mass is 10.0. The van der Waals surface area contributed by atoms with Crippen molar-refractivity contribution in [3.8, 4) is 0 Å². The highest BCUT2D eigenvalue weighted by Crippen LogP contribution is 2.25. The molecule has 0 rings (SSSR count). The van der Waals surface area contributed by atoms with E-state index in [2.05, 4.69) is 10.0 Å². The average molecular weight is 220 g/mol. The molecule has 0 spiro atoms. The Morgan fingerprint density at radius 1 is 1.43 bits per heavy atom. The molecule has 0 aromatic carbocycles. The highest BCUT2D eigenvalue weighted by molar-refractivity contribution is 7.99. The van der Waals surface area contributed by atoms with Gasteiger partial charge in [-0.25, -0.2) is 0 Å². The molecular formula is C8H16N2O3S. The van der Waals surface area contributed by atoms with E-state index in [1.807, 2.05) is 0 Å². The molecule has 0 aliphatic heterocycles. The van der Waals surface area contributed by atoms with Crippen molar-refractivity contribution in [2.45, 2.75) is 31.6 Å². The SMILES string of the molecule is CN[C@@H](C(=O)O)C(C)(C)SNC(C)=O. The van der Waals surface area contributed by atoms with E-state index in [9.17, 15) is 9.59 Å². The van der Waals surface area contributed by atoms with Crippen molar-refractivity contribution in [2.75, 3.05) is 7.05 Å². The Morgan fingerprint density at radius 2 is 1.93 bits per heavy atom. The molecule has 0 heterocycles. The van der Waals surface area contributed by atoms with Crippen LogP contribution in [0.1, 0.15) is 20.8 Å². The molecule has 82 valence electrons. The van der Waals surface area contributed by atoms with Crippen LogP contribution in [0.3, 0.4) is 0 Å². The predicted octanol–water partition coefficient (Wildman–Crippen LogP) is 0.222. The molecule has 1 amide bonds. The minimum Gasteiger partial charge on any atom is -0.480 e. The number of carbonyl (C=O) groups is 2. The van der Waals surface area contributed by atoms with Gasteiger partial charge in [-0.05, 0) is 32.8 Å². The number of carboxylic acid groups (broad SMARTS) is 1. The van der Waals surface area contributed by atoms with Crippen LogP contribution in [-0.2, 0) is 9.59 Å². The van der Waals surface area contributed by atoms with Crippen LogP contribution in [0, 0.1) is 0 Å². The Labute approximate surface area is 87.8 Å². The van der Waals surface area contributed by atoms with E-state index < -0.39 is 16.8 Å². The number of rotatable bonds is 5. The molecule has 0 unspecified atom stereocenters. The van der Waals surface area contributed by atoms with Crippen LogP contribution in [0.25, 0.3) is 0 Å². The van der Waals surface area contributed by atoms with E-state index >= 15 is 0 Å². The molecule has 0 aromatic heterocycles. The highest BCUT2D eigenvalue weighted by Gasteiger charge is 2.35. The van der Waals surface area contributed by atoms with Crippen LogP contribution < -0.4 is 10.0 Å². The maximum Gasteiger partial charge on any atom is 0.322 e. The summed E-state index contributed by atoms with van der Waals surface area (Å²) in [6, 6.07) is -0.709. The van der Waals surface area contributed by atoms with E-state index in [0.29, 0.717) is 0 Å². The standard InChI is InChI=1S/C8H16N2O3S/c1-5(11)10-14-8(2,3)6(9-4)7(12)13/h6,9H,1-4H3,(H,10,11)(H,12,13)/t6-/m0/s1. The van der Waals surface area contributed by atoms with Gasteiger partial charge in [-0.15, -0.1) is 0 Å². The van der Waals surface area contributed by atoms with Gasteiger partial charge in [0.25, 0.3) is 0 Å². The minimum absolute atomic E-state index is 0.191. The Hall–Kier alpha value is -0.750. The first-order valence-electron chi connectivity index (χ1n) is 4.16. The zero-order valence-electron chi connectivity index (χ0n) is 8.75. The number of carboxylic acids is 1. The first kappa shape index (κ1) is 13.2. The van der Waals surface area contributed by atoms with Crippen molar-refractivity contribution in [1.29, 1.82) is 0 Å². The van der Waals surface area contributed by atoms with E-state index in [4.69, 9.17) is 5.11 Å². The second-order valence-corrected chi connectivity index (χ2v) is 4.88. The van der Waals surface area contributed by atoms with E-state index in [1.165, 1.54) is 6.92 Å². The molecule has 0 aliphatic rings. The first-order chi connectivity index (χ1) is 6.31. The summed E-state index contributed by atoms with van der Waals surface area (Å²) in [5.41, 5.74) is 0. The fourth-order valence-corrected chi connectivity index (χ4v) is 1.77. The normalized spacial score (nSPS) is 13.4. The van der Waals surface area contributed by atoms with Crippen molar-refractivity contribution in [1.82, 2.24) is 10.0 Å². The number of nitrogens with one attached hydrogen (secondary N) is 2. The zero-order valence-corrected chi connectivity index (χ0v) is 9.57. The van der Waals surface area contributed by atoms with Gasteiger partial charge in [-0.1, -0.05) is 0 Å². The molecule has 0 aliphatic carbocycles. The number of hydrogen-bond acceptors (Lipinski definition) is 4. The van der Waals surface area contributed by atoms with Crippen LogP contribution in [-0.4, -0.2) is 34.8 Å². The van der Waals surface area contributed by atoms with Crippen LogP contribution in [0.5, 0.6) is 0 Å². The minimum atomic E-state index is -0.935. The van der Waals surface area contributed by atoms with Crippen molar-refractivity contribution >= 4 is 23.8 Å². The lowest BCUT2D eigenvalue weighted by Crippen LogP contribution is -2.50. The summed E-state index contributed by atoms with van der Waals surface area (Å²) in [6.45, 7) is 4.89. The molecule has 0 bridgehead atoms. The molecule has 3 N–H and O–H groups in total. The summed E-state index contributed by atoms with van der Waals surface area (Å²) in [5.74, 6) is -1.13. The topological polar surface area (TPSA) is 78.4 Å². The van der Waals surface area contributed by atoms with Crippen LogP contribution in [0.2, 0.25) is 0 Å². The number of likely N-dealkylation sites (N-methyl/N-ethyl adjacent to an activating group) is 1. The third kappa shape index (κ3) is 3.97. The van der Waals surface area contributed by atoms with Gasteiger partial charge >= 0.3 is 5.97 Å². The quantitative estimate of drug-likeness (QED) is 0.578. The van der Waals surface area contributed by atoms with Gasteiger partial charge in [0, 0.05) is 6.92 Å². The summed E-state index contributed by atoms with van der Waals surface area (Å²) in [5, 5.41) is 11.6.